The quantitative estimate of drug-likeness (QED) is 0.661. The molecular formula is C16H14Br2O2. The van der Waals surface area contributed by atoms with Gasteiger partial charge in [0, 0.05) is 10.0 Å². The Kier molecular flexibility index (Phi) is 5.38. The average molecular weight is 398 g/mol. The maximum atomic E-state index is 12.0. The fourth-order valence-electron chi connectivity index (χ4n) is 1.75. The lowest BCUT2D eigenvalue weighted by Crippen LogP contribution is -2.11. The number of hydrogen-bond donors (Lipinski definition) is 0. The molecule has 0 atom stereocenters. The van der Waals surface area contributed by atoms with Crippen LogP contribution in [0.15, 0.2) is 51.4 Å². The molecule has 0 unspecified atom stereocenters. The van der Waals surface area contributed by atoms with Crippen molar-refractivity contribution in [2.75, 3.05) is 6.61 Å². The molecule has 0 aliphatic rings. The molecule has 20 heavy (non-hydrogen) atoms. The molecule has 104 valence electrons. The molecule has 0 bridgehead atoms. The normalized spacial score (nSPS) is 10.3. The van der Waals surface area contributed by atoms with Gasteiger partial charge >= 0.3 is 0 Å². The summed E-state index contributed by atoms with van der Waals surface area (Å²) in [6.07, 6.45) is 0.969. The Morgan fingerprint density at radius 2 is 1.80 bits per heavy atom. The van der Waals surface area contributed by atoms with Crippen molar-refractivity contribution >= 4 is 37.6 Å². The number of benzene rings is 2. The van der Waals surface area contributed by atoms with E-state index in [1.807, 2.05) is 42.5 Å². The van der Waals surface area contributed by atoms with Crippen molar-refractivity contribution in [3.8, 4) is 5.75 Å². The summed E-state index contributed by atoms with van der Waals surface area (Å²) in [4.78, 5) is 12.0. The predicted octanol–water partition coefficient (Wildman–Crippen LogP) is 5.04. The van der Waals surface area contributed by atoms with E-state index in [9.17, 15) is 4.79 Å². The molecule has 0 fully saturated rings. The molecule has 0 saturated heterocycles. The highest BCUT2D eigenvalue weighted by Crippen LogP contribution is 2.28. The second-order valence-corrected chi connectivity index (χ2v) is 6.11. The van der Waals surface area contributed by atoms with Gasteiger partial charge in [0.2, 0.25) is 0 Å². The minimum Gasteiger partial charge on any atom is -0.484 e. The summed E-state index contributed by atoms with van der Waals surface area (Å²) < 4.78 is 7.32. The molecule has 0 aromatic heterocycles. The summed E-state index contributed by atoms with van der Waals surface area (Å²) in [7, 11) is 0. The number of rotatable bonds is 5. The standard InChI is InChI=1S/C16H14Br2O2/c1-2-11-3-5-12(6-4-11)15(19)10-20-16-8-7-13(17)9-14(16)18/h3-9H,2,10H2,1H3. The Balaban J connectivity index is 2.00. The van der Waals surface area contributed by atoms with E-state index >= 15 is 0 Å². The van der Waals surface area contributed by atoms with Crippen LogP contribution in [0, 0.1) is 0 Å². The molecule has 0 heterocycles. The van der Waals surface area contributed by atoms with E-state index < -0.39 is 0 Å². The largest absolute Gasteiger partial charge is 0.484 e. The minimum absolute atomic E-state index is 0.0255. The van der Waals surface area contributed by atoms with Crippen LogP contribution in [-0.4, -0.2) is 12.4 Å². The fraction of sp³-hybridized carbons (Fsp3) is 0.188. The van der Waals surface area contributed by atoms with E-state index in [4.69, 9.17) is 4.74 Å². The number of ketones is 1. The lowest BCUT2D eigenvalue weighted by Gasteiger charge is -2.08. The highest BCUT2D eigenvalue weighted by Gasteiger charge is 2.08. The molecule has 2 nitrogen and oxygen atoms in total. The van der Waals surface area contributed by atoms with Crippen LogP contribution in [-0.2, 0) is 6.42 Å². The SMILES string of the molecule is CCc1ccc(C(=O)COc2ccc(Br)cc2Br)cc1. The highest BCUT2D eigenvalue weighted by molar-refractivity contribution is 9.11. The van der Waals surface area contributed by atoms with Gasteiger partial charge in [-0.3, -0.25) is 4.79 Å². The predicted molar refractivity (Wildman–Crippen MR) is 87.5 cm³/mol. The van der Waals surface area contributed by atoms with Gasteiger partial charge in [0.05, 0.1) is 4.47 Å². The Labute approximate surface area is 135 Å². The van der Waals surface area contributed by atoms with Gasteiger partial charge in [-0.2, -0.15) is 0 Å². The monoisotopic (exact) mass is 396 g/mol. The molecule has 0 aliphatic carbocycles. The number of ether oxygens (including phenoxy) is 1. The Hall–Kier alpha value is -1.13. The molecule has 0 N–H and O–H groups in total. The lowest BCUT2D eigenvalue weighted by atomic mass is 10.1. The molecule has 0 amide bonds. The van der Waals surface area contributed by atoms with Crippen molar-refractivity contribution in [2.24, 2.45) is 0 Å². The van der Waals surface area contributed by atoms with Gasteiger partial charge in [-0.25, -0.2) is 0 Å². The van der Waals surface area contributed by atoms with Gasteiger partial charge in [-0.15, -0.1) is 0 Å². The average Bonchev–Trinajstić information content (AvgIpc) is 2.46. The summed E-state index contributed by atoms with van der Waals surface area (Å²) in [5, 5.41) is 0. The van der Waals surface area contributed by atoms with E-state index in [2.05, 4.69) is 38.8 Å². The number of aryl methyl sites for hydroxylation is 1. The fourth-order valence-corrected chi connectivity index (χ4v) is 2.91. The van der Waals surface area contributed by atoms with Crippen LogP contribution in [0.5, 0.6) is 5.75 Å². The second kappa shape index (κ2) is 7.04. The van der Waals surface area contributed by atoms with Crippen molar-refractivity contribution in [3.05, 3.63) is 62.5 Å². The Morgan fingerprint density at radius 1 is 1.10 bits per heavy atom. The van der Waals surface area contributed by atoms with Crippen molar-refractivity contribution in [1.29, 1.82) is 0 Å². The van der Waals surface area contributed by atoms with Gasteiger partial charge in [0.25, 0.3) is 0 Å². The summed E-state index contributed by atoms with van der Waals surface area (Å²) in [6.45, 7) is 2.12. The molecular weight excluding hydrogens is 384 g/mol. The molecule has 0 aliphatic heterocycles. The second-order valence-electron chi connectivity index (χ2n) is 4.34. The van der Waals surface area contributed by atoms with Gasteiger partial charge in [-0.05, 0) is 46.1 Å². The van der Waals surface area contributed by atoms with E-state index in [1.54, 1.807) is 0 Å². The number of carbonyl (C=O) groups excluding carboxylic acids is 1. The first kappa shape index (κ1) is 15.3. The van der Waals surface area contributed by atoms with Crippen molar-refractivity contribution in [1.82, 2.24) is 0 Å². The van der Waals surface area contributed by atoms with E-state index in [0.717, 1.165) is 15.4 Å². The third kappa shape index (κ3) is 3.93. The third-order valence-electron chi connectivity index (χ3n) is 2.94. The summed E-state index contributed by atoms with van der Waals surface area (Å²) in [6, 6.07) is 13.2. The van der Waals surface area contributed by atoms with Crippen molar-refractivity contribution in [3.63, 3.8) is 0 Å². The number of hydrogen-bond acceptors (Lipinski definition) is 2. The molecule has 2 aromatic rings. The molecule has 4 heteroatoms. The first-order chi connectivity index (χ1) is 9.60. The molecule has 2 aromatic carbocycles. The first-order valence-electron chi connectivity index (χ1n) is 6.30. The van der Waals surface area contributed by atoms with Gasteiger partial charge < -0.3 is 4.74 Å². The smallest absolute Gasteiger partial charge is 0.200 e. The van der Waals surface area contributed by atoms with E-state index in [1.165, 1.54) is 5.56 Å². The van der Waals surface area contributed by atoms with Crippen LogP contribution >= 0.6 is 31.9 Å². The van der Waals surface area contributed by atoms with Crippen LogP contribution in [0.2, 0.25) is 0 Å². The van der Waals surface area contributed by atoms with Crippen LogP contribution in [0.4, 0.5) is 0 Å². The Bertz CT molecular complexity index is 606. The number of Topliss-reactive ketones (excluding diaryl/α,β-unsaturated/α-hetero) is 1. The number of halogens is 2. The summed E-state index contributed by atoms with van der Waals surface area (Å²) >= 11 is 6.78. The van der Waals surface area contributed by atoms with Gasteiger partial charge in [-0.1, -0.05) is 47.1 Å². The molecule has 0 spiro atoms. The van der Waals surface area contributed by atoms with Crippen LogP contribution in [0.3, 0.4) is 0 Å². The maximum Gasteiger partial charge on any atom is 0.200 e. The first-order valence-corrected chi connectivity index (χ1v) is 7.88. The zero-order valence-corrected chi connectivity index (χ0v) is 14.2. The molecule has 2 rings (SSSR count). The molecule has 0 saturated carbocycles. The van der Waals surface area contributed by atoms with Crippen LogP contribution < -0.4 is 4.74 Å². The highest BCUT2D eigenvalue weighted by atomic mass is 79.9. The van der Waals surface area contributed by atoms with Crippen molar-refractivity contribution < 1.29 is 9.53 Å². The van der Waals surface area contributed by atoms with Crippen LogP contribution in [0.1, 0.15) is 22.8 Å². The van der Waals surface area contributed by atoms with Crippen LogP contribution in [0.25, 0.3) is 0 Å². The summed E-state index contributed by atoms with van der Waals surface area (Å²) in [5.41, 5.74) is 1.90. The number of carbonyl (C=O) groups is 1. The zero-order chi connectivity index (χ0) is 14.5. The summed E-state index contributed by atoms with van der Waals surface area (Å²) in [5.74, 6) is 0.634. The molecule has 0 radical (unpaired) electrons. The lowest BCUT2D eigenvalue weighted by molar-refractivity contribution is 0.0921. The van der Waals surface area contributed by atoms with Gasteiger partial charge in [0.15, 0.2) is 12.4 Å². The van der Waals surface area contributed by atoms with E-state index in [0.29, 0.717) is 11.3 Å². The third-order valence-corrected chi connectivity index (χ3v) is 4.05. The Morgan fingerprint density at radius 3 is 2.40 bits per heavy atom. The minimum atomic E-state index is -0.0255. The topological polar surface area (TPSA) is 26.3 Å². The zero-order valence-electron chi connectivity index (χ0n) is 11.0. The van der Waals surface area contributed by atoms with Crippen molar-refractivity contribution in [2.45, 2.75) is 13.3 Å². The van der Waals surface area contributed by atoms with Gasteiger partial charge in [0.1, 0.15) is 5.75 Å². The maximum absolute atomic E-state index is 12.0. The van der Waals surface area contributed by atoms with E-state index in [-0.39, 0.29) is 12.4 Å².